The molecule has 0 bridgehead atoms. The average Bonchev–Trinajstić information content (AvgIpc) is 2.19. The minimum atomic E-state index is 1.05. The molecule has 0 aliphatic rings. The first-order chi connectivity index (χ1) is 3.93. The summed E-state index contributed by atoms with van der Waals surface area (Å²) in [7, 11) is 0. The molecule has 1 rings (SSSR count). The molecule has 0 aromatic carbocycles. The van der Waals surface area contributed by atoms with Crippen molar-refractivity contribution in [3.63, 3.8) is 0 Å². The van der Waals surface area contributed by atoms with Crippen molar-refractivity contribution in [1.82, 2.24) is 9.55 Å². The number of hydrogen-bond donors (Lipinski definition) is 0. The van der Waals surface area contributed by atoms with Gasteiger partial charge in [0.05, 0.1) is 6.33 Å². The maximum atomic E-state index is 3.78. The molecule has 2 nitrogen and oxygen atoms in total. The molecule has 0 saturated heterocycles. The van der Waals surface area contributed by atoms with Crippen LogP contribution in [0.5, 0.6) is 0 Å². The monoisotopic (exact) mass is 109 g/mol. The van der Waals surface area contributed by atoms with Gasteiger partial charge < -0.3 is 4.57 Å². The smallest absolute Gasteiger partial charge is 0.108 e. The predicted octanol–water partition coefficient (Wildman–Crippen LogP) is 1.09. The van der Waals surface area contributed by atoms with Crippen molar-refractivity contribution in [2.75, 3.05) is 0 Å². The van der Waals surface area contributed by atoms with Gasteiger partial charge in [-0.2, -0.15) is 0 Å². The second kappa shape index (κ2) is 2.50. The van der Waals surface area contributed by atoms with Crippen LogP contribution in [-0.2, 0) is 6.54 Å². The maximum Gasteiger partial charge on any atom is 0.108 e. The van der Waals surface area contributed by atoms with Crippen LogP contribution in [-0.4, -0.2) is 9.55 Å². The van der Waals surface area contributed by atoms with Crippen LogP contribution < -0.4 is 0 Å². The molecule has 0 unspecified atom stereocenters. The van der Waals surface area contributed by atoms with Gasteiger partial charge in [0.25, 0.3) is 0 Å². The number of aromatic nitrogens is 2. The highest BCUT2D eigenvalue weighted by atomic mass is 15.0. The van der Waals surface area contributed by atoms with Gasteiger partial charge in [-0.1, -0.05) is 6.92 Å². The van der Waals surface area contributed by atoms with Crippen molar-refractivity contribution >= 4 is 0 Å². The molecule has 0 spiro atoms. The Kier molecular flexibility index (Phi) is 1.67. The third kappa shape index (κ3) is 1.09. The van der Waals surface area contributed by atoms with Crippen molar-refractivity contribution in [2.45, 2.75) is 19.9 Å². The van der Waals surface area contributed by atoms with Crippen LogP contribution in [0.2, 0.25) is 0 Å². The Labute approximate surface area is 49.2 Å². The van der Waals surface area contributed by atoms with E-state index in [1.165, 1.54) is 0 Å². The van der Waals surface area contributed by atoms with E-state index < -0.39 is 0 Å². The lowest BCUT2D eigenvalue weighted by Crippen LogP contribution is -1.90. The lowest BCUT2D eigenvalue weighted by molar-refractivity contribution is 0.678. The fourth-order valence-corrected chi connectivity index (χ4v) is 0.629. The van der Waals surface area contributed by atoms with E-state index in [9.17, 15) is 0 Å². The van der Waals surface area contributed by atoms with Crippen molar-refractivity contribution in [2.24, 2.45) is 0 Å². The standard InChI is InChI=1S/C6H9N2/c1-2-4-8-5-3-7-6-8/h5-6H,2,4H2,1H3. The zero-order valence-corrected chi connectivity index (χ0v) is 4.96. The van der Waals surface area contributed by atoms with Crippen LogP contribution in [0.4, 0.5) is 0 Å². The van der Waals surface area contributed by atoms with Crippen molar-refractivity contribution in [1.29, 1.82) is 0 Å². The topological polar surface area (TPSA) is 17.8 Å². The summed E-state index contributed by atoms with van der Waals surface area (Å²) in [5, 5.41) is 0. The quantitative estimate of drug-likeness (QED) is 0.556. The molecule has 0 amide bonds. The van der Waals surface area contributed by atoms with Gasteiger partial charge in [0.1, 0.15) is 6.20 Å². The minimum absolute atomic E-state index is 1.05. The summed E-state index contributed by atoms with van der Waals surface area (Å²) in [6.07, 6.45) is 7.52. The zero-order chi connectivity index (χ0) is 5.82. The van der Waals surface area contributed by atoms with E-state index in [0.29, 0.717) is 0 Å². The average molecular weight is 109 g/mol. The molecule has 0 aliphatic carbocycles. The Balaban J connectivity index is 2.50. The molecule has 0 aliphatic heterocycles. The van der Waals surface area contributed by atoms with Crippen LogP contribution in [0.1, 0.15) is 13.3 Å². The van der Waals surface area contributed by atoms with Gasteiger partial charge in [0, 0.05) is 12.7 Å². The first-order valence-electron chi connectivity index (χ1n) is 2.81. The largest absolute Gasteiger partial charge is 0.337 e. The zero-order valence-electron chi connectivity index (χ0n) is 4.96. The third-order valence-corrected chi connectivity index (χ3v) is 0.986. The number of nitrogens with zero attached hydrogens (tertiary/aromatic N) is 2. The second-order valence-corrected chi connectivity index (χ2v) is 1.74. The van der Waals surface area contributed by atoms with Crippen LogP contribution in [0, 0.1) is 6.20 Å². The number of hydrogen-bond acceptors (Lipinski definition) is 1. The third-order valence-electron chi connectivity index (χ3n) is 0.986. The van der Waals surface area contributed by atoms with E-state index in [1.807, 2.05) is 10.8 Å². The SMILES string of the molecule is CCCn1c[c]nc1. The fraction of sp³-hybridized carbons (Fsp3) is 0.500. The maximum absolute atomic E-state index is 3.78. The van der Waals surface area contributed by atoms with Crippen molar-refractivity contribution < 1.29 is 0 Å². The second-order valence-electron chi connectivity index (χ2n) is 1.74. The van der Waals surface area contributed by atoms with E-state index in [1.54, 1.807) is 6.33 Å². The summed E-state index contributed by atoms with van der Waals surface area (Å²) < 4.78 is 2.01. The molecule has 1 heterocycles. The van der Waals surface area contributed by atoms with Gasteiger partial charge in [0.2, 0.25) is 0 Å². The van der Waals surface area contributed by atoms with Crippen LogP contribution in [0.25, 0.3) is 0 Å². The molecule has 2 heteroatoms. The van der Waals surface area contributed by atoms with Crippen molar-refractivity contribution in [3.8, 4) is 0 Å². The molecule has 43 valence electrons. The van der Waals surface area contributed by atoms with Crippen molar-refractivity contribution in [3.05, 3.63) is 18.7 Å². The van der Waals surface area contributed by atoms with E-state index in [4.69, 9.17) is 0 Å². The Morgan fingerprint density at radius 3 is 3.12 bits per heavy atom. The first kappa shape index (κ1) is 5.35. The number of rotatable bonds is 2. The molecule has 1 aromatic rings. The molecular formula is C6H9N2. The van der Waals surface area contributed by atoms with Crippen LogP contribution >= 0.6 is 0 Å². The van der Waals surface area contributed by atoms with Crippen LogP contribution in [0.3, 0.4) is 0 Å². The summed E-state index contributed by atoms with van der Waals surface area (Å²) in [5.74, 6) is 0. The lowest BCUT2D eigenvalue weighted by atomic mass is 10.5. The highest BCUT2D eigenvalue weighted by molar-refractivity contribution is 4.70. The molecule has 0 fully saturated rings. The Morgan fingerprint density at radius 2 is 2.62 bits per heavy atom. The summed E-state index contributed by atoms with van der Waals surface area (Å²) >= 11 is 0. The summed E-state index contributed by atoms with van der Waals surface area (Å²) in [6, 6.07) is 0. The van der Waals surface area contributed by atoms with E-state index >= 15 is 0 Å². The first-order valence-corrected chi connectivity index (χ1v) is 2.81. The molecule has 0 saturated carbocycles. The number of aryl methyl sites for hydroxylation is 1. The number of imidazole rings is 1. The predicted molar refractivity (Wildman–Crippen MR) is 31.4 cm³/mol. The Hall–Kier alpha value is -0.790. The molecule has 1 aromatic heterocycles. The molecule has 0 atom stereocenters. The summed E-state index contributed by atoms with van der Waals surface area (Å²) in [4.78, 5) is 3.78. The summed E-state index contributed by atoms with van der Waals surface area (Å²) in [6.45, 7) is 3.19. The molecule has 8 heavy (non-hydrogen) atoms. The van der Waals surface area contributed by atoms with Gasteiger partial charge >= 0.3 is 0 Å². The molecular weight excluding hydrogens is 100 g/mol. The lowest BCUT2D eigenvalue weighted by Gasteiger charge is -1.93. The minimum Gasteiger partial charge on any atom is -0.337 e. The van der Waals surface area contributed by atoms with E-state index in [2.05, 4.69) is 18.1 Å². The van der Waals surface area contributed by atoms with Gasteiger partial charge in [-0.15, -0.1) is 0 Å². The fourth-order valence-electron chi connectivity index (χ4n) is 0.629. The highest BCUT2D eigenvalue weighted by Crippen LogP contribution is 1.86. The summed E-state index contributed by atoms with van der Waals surface area (Å²) in [5.41, 5.74) is 0. The Bertz CT molecular complexity index is 132. The van der Waals surface area contributed by atoms with Gasteiger partial charge in [-0.25, -0.2) is 4.98 Å². The van der Waals surface area contributed by atoms with Gasteiger partial charge in [-0.3, -0.25) is 0 Å². The molecule has 1 radical (unpaired) electrons. The van der Waals surface area contributed by atoms with Crippen LogP contribution in [0.15, 0.2) is 12.5 Å². The van der Waals surface area contributed by atoms with E-state index in [0.717, 1.165) is 13.0 Å². The normalized spacial score (nSPS) is 9.62. The van der Waals surface area contributed by atoms with E-state index in [-0.39, 0.29) is 0 Å². The Morgan fingerprint density at radius 1 is 1.75 bits per heavy atom. The van der Waals surface area contributed by atoms with Gasteiger partial charge in [0.15, 0.2) is 0 Å². The molecule has 0 N–H and O–H groups in total. The highest BCUT2D eigenvalue weighted by Gasteiger charge is 1.82. The van der Waals surface area contributed by atoms with Gasteiger partial charge in [-0.05, 0) is 6.42 Å².